The van der Waals surface area contributed by atoms with Gasteiger partial charge in [-0.05, 0) is 31.7 Å². The van der Waals surface area contributed by atoms with Crippen LogP contribution in [0.4, 0.5) is 11.8 Å². The fourth-order valence-electron chi connectivity index (χ4n) is 3.38. The molecule has 1 aliphatic rings. The molecular weight excluding hydrogens is 406 g/mol. The second-order valence-electron chi connectivity index (χ2n) is 8.08. The average Bonchev–Trinajstić information content (AvgIpc) is 2.79. The highest BCUT2D eigenvalue weighted by Gasteiger charge is 2.17. The Hall–Kier alpha value is -3.20. The Morgan fingerprint density at radius 3 is 2.53 bits per heavy atom. The van der Waals surface area contributed by atoms with Crippen LogP contribution in [0.1, 0.15) is 53.6 Å². The molecular formula is C23H33N7O2. The number of nitrogens with two attached hydrogens (primary N) is 1. The number of aromatic nitrogens is 2. The normalized spacial score (nSPS) is 18.1. The molecule has 1 aromatic heterocycles. The minimum atomic E-state index is -0.617. The number of rotatable bonds is 3. The van der Waals surface area contributed by atoms with Gasteiger partial charge in [0.05, 0.1) is 6.04 Å². The maximum atomic E-state index is 12.8. The topological polar surface area (TPSA) is 134 Å². The molecule has 32 heavy (non-hydrogen) atoms. The first-order valence-corrected chi connectivity index (χ1v) is 11.2. The van der Waals surface area contributed by atoms with Crippen molar-refractivity contribution in [2.75, 3.05) is 30.3 Å². The number of anilines is 2. The number of hydrogen-bond donors (Lipinski definition) is 5. The first-order chi connectivity index (χ1) is 15.5. The Bertz CT molecular complexity index is 902. The van der Waals surface area contributed by atoms with Gasteiger partial charge in [0.15, 0.2) is 0 Å². The van der Waals surface area contributed by atoms with Crippen LogP contribution < -0.4 is 27.0 Å². The summed E-state index contributed by atoms with van der Waals surface area (Å²) in [5.41, 5.74) is 8.53. The smallest absolute Gasteiger partial charge is 0.256 e. The van der Waals surface area contributed by atoms with E-state index < -0.39 is 6.04 Å². The van der Waals surface area contributed by atoms with E-state index in [-0.39, 0.29) is 11.8 Å². The summed E-state index contributed by atoms with van der Waals surface area (Å²) < 4.78 is 0. The number of benzene rings is 1. The quantitative estimate of drug-likeness (QED) is 0.493. The number of nitrogens with one attached hydrogen (secondary N) is 4. The molecule has 9 heteroatoms. The highest BCUT2D eigenvalue weighted by Crippen LogP contribution is 2.15. The third kappa shape index (κ3) is 7.19. The molecule has 172 valence electrons. The Kier molecular flexibility index (Phi) is 8.79. The Balaban J connectivity index is 1.70. The van der Waals surface area contributed by atoms with E-state index in [2.05, 4.69) is 31.2 Å². The number of hydrogen-bond acceptors (Lipinski definition) is 7. The zero-order chi connectivity index (χ0) is 22.8. The van der Waals surface area contributed by atoms with E-state index in [4.69, 9.17) is 5.73 Å². The van der Waals surface area contributed by atoms with Crippen LogP contribution in [0.2, 0.25) is 0 Å². The van der Waals surface area contributed by atoms with Crippen LogP contribution in [-0.4, -0.2) is 47.5 Å². The maximum Gasteiger partial charge on any atom is 0.256 e. The third-order valence-electron chi connectivity index (χ3n) is 5.38. The van der Waals surface area contributed by atoms with Crippen LogP contribution >= 0.6 is 0 Å². The van der Waals surface area contributed by atoms with Crippen LogP contribution in [0, 0.1) is 6.92 Å². The molecule has 3 rings (SSSR count). The zero-order valence-corrected chi connectivity index (χ0v) is 18.6. The second kappa shape index (κ2) is 12.0. The largest absolute Gasteiger partial charge is 0.369 e. The molecule has 0 aliphatic carbocycles. The number of nitrogens with zero attached hydrogens (tertiary/aromatic N) is 2. The molecule has 0 unspecified atom stereocenters. The van der Waals surface area contributed by atoms with Gasteiger partial charge in [0, 0.05) is 32.4 Å². The molecule has 0 radical (unpaired) electrons. The molecule has 0 saturated carbocycles. The van der Waals surface area contributed by atoms with Crippen molar-refractivity contribution in [2.24, 2.45) is 5.73 Å². The molecule has 0 spiro atoms. The standard InChI is InChI=1S/C23H33N7O2/c1-16-6-8-17(9-7-16)14-28-21(31)18-15-29-23-27-12-5-3-2-4-11-26-22(32)19(24)10-13-25-20(18)30-23/h6-9,15,19H,2-5,10-14,24H2,1H3,(H,26,32)(H,28,31)(H2,25,27,29,30)/t19-/m0/s1. The lowest BCUT2D eigenvalue weighted by atomic mass is 10.1. The van der Waals surface area contributed by atoms with Gasteiger partial charge in [-0.25, -0.2) is 4.98 Å². The Morgan fingerprint density at radius 1 is 1.06 bits per heavy atom. The van der Waals surface area contributed by atoms with Crippen LogP contribution in [0.3, 0.4) is 0 Å². The number of carbonyl (C=O) groups is 2. The number of fused-ring (bicyclic) bond motifs is 2. The first-order valence-electron chi connectivity index (χ1n) is 11.2. The summed E-state index contributed by atoms with van der Waals surface area (Å²) in [6.45, 7) is 4.22. The number of carbonyl (C=O) groups excluding carboxylic acids is 2. The van der Waals surface area contributed by atoms with Gasteiger partial charge in [0.1, 0.15) is 11.4 Å². The van der Waals surface area contributed by atoms with Gasteiger partial charge < -0.3 is 27.0 Å². The van der Waals surface area contributed by atoms with Crippen LogP contribution in [-0.2, 0) is 11.3 Å². The summed E-state index contributed by atoms with van der Waals surface area (Å²) in [5, 5.41) is 12.2. The molecule has 0 fully saturated rings. The Morgan fingerprint density at radius 2 is 1.78 bits per heavy atom. The van der Waals surface area contributed by atoms with Crippen molar-refractivity contribution in [2.45, 2.75) is 51.6 Å². The van der Waals surface area contributed by atoms with Gasteiger partial charge in [-0.1, -0.05) is 42.7 Å². The maximum absolute atomic E-state index is 12.8. The molecule has 9 nitrogen and oxygen atoms in total. The minimum absolute atomic E-state index is 0.153. The van der Waals surface area contributed by atoms with E-state index in [1.165, 1.54) is 11.8 Å². The van der Waals surface area contributed by atoms with Gasteiger partial charge in [-0.15, -0.1) is 0 Å². The summed E-state index contributed by atoms with van der Waals surface area (Å²) in [7, 11) is 0. The molecule has 2 amide bonds. The van der Waals surface area contributed by atoms with Crippen molar-refractivity contribution < 1.29 is 9.59 Å². The van der Waals surface area contributed by atoms with Crippen LogP contribution in [0.15, 0.2) is 30.5 Å². The first kappa shape index (κ1) is 23.5. The predicted octanol–water partition coefficient (Wildman–Crippen LogP) is 1.95. The average molecular weight is 440 g/mol. The fourth-order valence-corrected chi connectivity index (χ4v) is 3.38. The van der Waals surface area contributed by atoms with Gasteiger partial charge in [-0.3, -0.25) is 9.59 Å². The van der Waals surface area contributed by atoms with E-state index in [9.17, 15) is 9.59 Å². The highest BCUT2D eigenvalue weighted by molar-refractivity contribution is 5.98. The van der Waals surface area contributed by atoms with Crippen molar-refractivity contribution in [3.63, 3.8) is 0 Å². The highest BCUT2D eigenvalue weighted by atomic mass is 16.2. The number of amides is 2. The SMILES string of the molecule is Cc1ccc(CNC(=O)c2cnc3nc2NCC[C@H](N)C(=O)NCCCCCCN3)cc1. The van der Waals surface area contributed by atoms with E-state index in [1.807, 2.05) is 31.2 Å². The van der Waals surface area contributed by atoms with Gasteiger partial charge in [0.25, 0.3) is 5.91 Å². The van der Waals surface area contributed by atoms with E-state index in [0.717, 1.165) is 37.8 Å². The molecule has 6 N–H and O–H groups in total. The van der Waals surface area contributed by atoms with E-state index in [1.54, 1.807) is 0 Å². The summed E-state index contributed by atoms with van der Waals surface area (Å²) in [5.74, 6) is 0.469. The fraction of sp³-hybridized carbons (Fsp3) is 0.478. The lowest BCUT2D eigenvalue weighted by molar-refractivity contribution is -0.122. The van der Waals surface area contributed by atoms with Crippen molar-refractivity contribution in [1.29, 1.82) is 0 Å². The molecule has 1 atom stereocenters. The van der Waals surface area contributed by atoms with Gasteiger partial charge >= 0.3 is 0 Å². The monoisotopic (exact) mass is 439 g/mol. The van der Waals surface area contributed by atoms with Crippen LogP contribution in [0.25, 0.3) is 0 Å². The number of aryl methyl sites for hydroxylation is 1. The van der Waals surface area contributed by atoms with Crippen LogP contribution in [0.5, 0.6) is 0 Å². The Labute approximate surface area is 189 Å². The molecule has 1 aliphatic heterocycles. The molecule has 2 bridgehead atoms. The molecule has 2 aromatic rings. The van der Waals surface area contributed by atoms with Crippen molar-refractivity contribution >= 4 is 23.6 Å². The summed E-state index contributed by atoms with van der Waals surface area (Å²) in [6.07, 6.45) is 5.92. The lowest BCUT2D eigenvalue weighted by Crippen LogP contribution is -2.42. The third-order valence-corrected chi connectivity index (χ3v) is 5.38. The van der Waals surface area contributed by atoms with Crippen molar-refractivity contribution in [1.82, 2.24) is 20.6 Å². The minimum Gasteiger partial charge on any atom is -0.369 e. The second-order valence-corrected chi connectivity index (χ2v) is 8.08. The van der Waals surface area contributed by atoms with E-state index >= 15 is 0 Å². The summed E-state index contributed by atoms with van der Waals surface area (Å²) in [6, 6.07) is 7.38. The van der Waals surface area contributed by atoms with E-state index in [0.29, 0.717) is 43.4 Å². The summed E-state index contributed by atoms with van der Waals surface area (Å²) >= 11 is 0. The van der Waals surface area contributed by atoms with Gasteiger partial charge in [0.2, 0.25) is 11.9 Å². The van der Waals surface area contributed by atoms with Crippen molar-refractivity contribution in [3.8, 4) is 0 Å². The molecule has 0 saturated heterocycles. The summed E-state index contributed by atoms with van der Waals surface area (Å²) in [4.78, 5) is 33.8. The van der Waals surface area contributed by atoms with Gasteiger partial charge in [-0.2, -0.15) is 4.98 Å². The lowest BCUT2D eigenvalue weighted by Gasteiger charge is -2.16. The predicted molar refractivity (Wildman–Crippen MR) is 125 cm³/mol. The molecule has 2 heterocycles. The zero-order valence-electron chi connectivity index (χ0n) is 18.6. The van der Waals surface area contributed by atoms with Crippen molar-refractivity contribution in [3.05, 3.63) is 47.2 Å². The molecule has 1 aromatic carbocycles.